The Morgan fingerprint density at radius 3 is 1.40 bits per heavy atom. The van der Waals surface area contributed by atoms with Gasteiger partial charge in [0.25, 0.3) is 23.6 Å². The van der Waals surface area contributed by atoms with Gasteiger partial charge in [-0.3, -0.25) is 29.6 Å². The molecule has 246 valence electrons. The van der Waals surface area contributed by atoms with E-state index in [1.807, 2.05) is 0 Å². The monoisotopic (exact) mass is 644 g/mol. The highest BCUT2D eigenvalue weighted by molar-refractivity contribution is 5.98. The first-order valence-corrected chi connectivity index (χ1v) is 13.8. The minimum absolute atomic E-state index is 0.249. The van der Waals surface area contributed by atoms with Crippen molar-refractivity contribution in [1.29, 1.82) is 0 Å². The van der Waals surface area contributed by atoms with Crippen LogP contribution in [0, 0.1) is 47.4 Å². The van der Waals surface area contributed by atoms with E-state index in [2.05, 4.69) is 63.3 Å². The lowest BCUT2D eigenvalue weighted by Gasteiger charge is -2.22. The zero-order valence-electron chi connectivity index (χ0n) is 25.8. The molecule has 0 saturated heterocycles. The minimum atomic E-state index is -1.05. The number of aliphatic hydroxyl groups is 2. The first kappa shape index (κ1) is 39.3. The van der Waals surface area contributed by atoms with Crippen molar-refractivity contribution in [3.8, 4) is 47.4 Å². The van der Waals surface area contributed by atoms with E-state index in [1.165, 1.54) is 30.0 Å². The summed E-state index contributed by atoms with van der Waals surface area (Å²) < 4.78 is 0. The van der Waals surface area contributed by atoms with Gasteiger partial charge in [0.2, 0.25) is 0 Å². The fraction of sp³-hybridized carbons (Fsp3) is 0.273. The second kappa shape index (κ2) is 21.9. The maximum absolute atomic E-state index is 12.2. The van der Waals surface area contributed by atoms with Crippen molar-refractivity contribution in [2.75, 3.05) is 20.3 Å². The van der Waals surface area contributed by atoms with Crippen LogP contribution in [-0.4, -0.2) is 88.7 Å². The van der Waals surface area contributed by atoms with Crippen LogP contribution in [-0.2, 0) is 9.59 Å². The molecule has 2 aromatic carbocycles. The van der Waals surface area contributed by atoms with Crippen molar-refractivity contribution in [3.63, 3.8) is 0 Å². The van der Waals surface area contributed by atoms with E-state index in [1.54, 1.807) is 50.4 Å². The molecule has 11 N–H and O–H groups in total. The number of hydroxylamine groups is 2. The highest BCUT2D eigenvalue weighted by Crippen LogP contribution is 2.06. The Labute approximate surface area is 272 Å². The van der Waals surface area contributed by atoms with E-state index in [0.717, 1.165) is 0 Å². The number of nitrogens with one attached hydrogen (secondary N) is 5. The lowest BCUT2D eigenvalue weighted by Crippen LogP contribution is -2.55. The van der Waals surface area contributed by atoms with Gasteiger partial charge in [-0.25, -0.2) is 11.0 Å². The largest absolute Gasteiger partial charge is 0.384 e. The van der Waals surface area contributed by atoms with E-state index in [0.29, 0.717) is 22.3 Å². The molecule has 0 aromatic heterocycles. The Bertz CT molecular complexity index is 1610. The third-order valence-corrected chi connectivity index (χ3v) is 6.01. The third-order valence-electron chi connectivity index (χ3n) is 6.01. The van der Waals surface area contributed by atoms with E-state index in [4.69, 9.17) is 26.4 Å². The average molecular weight is 645 g/mol. The summed E-state index contributed by atoms with van der Waals surface area (Å²) >= 11 is 0. The molecular formula is C33H36N6O8. The first-order chi connectivity index (χ1) is 22.5. The van der Waals surface area contributed by atoms with Gasteiger partial charge in [0.1, 0.15) is 25.3 Å². The summed E-state index contributed by atoms with van der Waals surface area (Å²) in [6, 6.07) is 9.69. The molecule has 0 aliphatic carbocycles. The van der Waals surface area contributed by atoms with Gasteiger partial charge in [-0.2, -0.15) is 0 Å². The molecule has 14 heteroatoms. The van der Waals surface area contributed by atoms with Crippen LogP contribution < -0.4 is 32.6 Å². The molecule has 47 heavy (non-hydrogen) atoms. The predicted octanol–water partition coefficient (Wildman–Crippen LogP) is -1.77. The maximum Gasteiger partial charge on any atom is 0.267 e. The Kier molecular flexibility index (Phi) is 18.4. The molecule has 4 atom stereocenters. The van der Waals surface area contributed by atoms with Gasteiger partial charge in [0, 0.05) is 34.3 Å². The number of amides is 4. The maximum atomic E-state index is 12.2. The third kappa shape index (κ3) is 14.3. The zero-order valence-corrected chi connectivity index (χ0v) is 25.8. The van der Waals surface area contributed by atoms with Crippen LogP contribution in [0.3, 0.4) is 0 Å². The van der Waals surface area contributed by atoms with Crippen LogP contribution in [0.4, 0.5) is 0 Å². The Morgan fingerprint density at radius 2 is 1.06 bits per heavy atom. The van der Waals surface area contributed by atoms with Crippen LogP contribution in [0.5, 0.6) is 0 Å². The highest BCUT2D eigenvalue weighted by atomic mass is 16.5. The van der Waals surface area contributed by atoms with Gasteiger partial charge in [0.05, 0.1) is 0 Å². The number of rotatable bonds is 9. The molecule has 14 nitrogen and oxygen atoms in total. The van der Waals surface area contributed by atoms with Gasteiger partial charge in [-0.1, -0.05) is 23.7 Å². The normalized spacial score (nSPS) is 11.8. The Balaban J connectivity index is 0.000000470. The lowest BCUT2D eigenvalue weighted by atomic mass is 10.1. The second-order valence-corrected chi connectivity index (χ2v) is 9.37. The first-order valence-electron chi connectivity index (χ1n) is 13.8. The van der Waals surface area contributed by atoms with E-state index < -0.39 is 41.8 Å². The van der Waals surface area contributed by atoms with Crippen molar-refractivity contribution >= 4 is 23.6 Å². The summed E-state index contributed by atoms with van der Waals surface area (Å²) in [6.45, 7) is 2.73. The smallest absolute Gasteiger partial charge is 0.267 e. The fourth-order valence-corrected chi connectivity index (χ4v) is 3.39. The van der Waals surface area contributed by atoms with Crippen molar-refractivity contribution in [2.24, 2.45) is 5.73 Å². The standard InChI is InChI=1S/C17H19N3O4.C16H17N3O4/c1-12(18-2)15(17(23)20-24)19-16(22)14-9-7-13(8-10-14)6-4-3-5-11-21;1-11(17)14(16(22)19-23)18-15(21)13-8-6-12(7-9-13)5-3-2-4-10-20/h7-10,12,15,18,21,24H,11H2,1-2H3,(H,19,22)(H,20,23);6-9,11,14,20,23H,10,17H2,1H3,(H,18,21)(H,19,22)/t12-,15+;11-,14+/m11/s1. The Morgan fingerprint density at radius 1 is 0.681 bits per heavy atom. The quantitative estimate of drug-likeness (QED) is 0.0838. The second-order valence-electron chi connectivity index (χ2n) is 9.37. The average Bonchev–Trinajstić information content (AvgIpc) is 3.09. The molecule has 0 aliphatic heterocycles. The molecular weight excluding hydrogens is 608 g/mol. The number of nitrogens with two attached hydrogens (primary N) is 1. The molecule has 0 unspecified atom stereocenters. The summed E-state index contributed by atoms with van der Waals surface area (Å²) in [5.74, 6) is 17.9. The zero-order chi connectivity index (χ0) is 35.2. The number of benzene rings is 2. The SMILES string of the molecule is CN[C@H](C)[C@H](NC(=O)c1ccc(C#CC#CCO)cc1)C(=O)NO.C[C@@H](N)[C@H](NC(=O)c1ccc(C#CC#CCO)cc1)C(=O)NO. The van der Waals surface area contributed by atoms with E-state index in [9.17, 15) is 19.2 Å². The molecule has 0 fully saturated rings. The van der Waals surface area contributed by atoms with E-state index in [-0.39, 0.29) is 19.3 Å². The number of likely N-dealkylation sites (N-methyl/N-ethyl adjacent to an activating group) is 1. The number of aliphatic hydroxyl groups excluding tert-OH is 2. The van der Waals surface area contributed by atoms with Gasteiger partial charge in [-0.15, -0.1) is 0 Å². The van der Waals surface area contributed by atoms with E-state index >= 15 is 0 Å². The lowest BCUT2D eigenvalue weighted by molar-refractivity contribution is -0.132. The summed E-state index contributed by atoms with van der Waals surface area (Å²) in [7, 11) is 1.64. The summed E-state index contributed by atoms with van der Waals surface area (Å²) in [5.41, 5.74) is 10.6. The highest BCUT2D eigenvalue weighted by Gasteiger charge is 2.26. The summed E-state index contributed by atoms with van der Waals surface area (Å²) in [5, 5.41) is 42.3. The summed E-state index contributed by atoms with van der Waals surface area (Å²) in [6.07, 6.45) is 0. The van der Waals surface area contributed by atoms with Crippen LogP contribution >= 0.6 is 0 Å². The van der Waals surface area contributed by atoms with Crippen molar-refractivity contribution < 1.29 is 39.8 Å². The van der Waals surface area contributed by atoms with Crippen molar-refractivity contribution in [1.82, 2.24) is 26.9 Å². The van der Waals surface area contributed by atoms with Crippen LogP contribution in [0.1, 0.15) is 45.7 Å². The van der Waals surface area contributed by atoms with Gasteiger partial charge in [0.15, 0.2) is 0 Å². The number of hydrogen-bond donors (Lipinski definition) is 10. The number of carbonyl (C=O) groups is 4. The molecule has 0 heterocycles. The summed E-state index contributed by atoms with van der Waals surface area (Å²) in [4.78, 5) is 47.4. The van der Waals surface area contributed by atoms with Crippen LogP contribution in [0.2, 0.25) is 0 Å². The molecule has 4 amide bonds. The van der Waals surface area contributed by atoms with Gasteiger partial charge in [-0.05, 0) is 93.1 Å². The molecule has 0 saturated carbocycles. The molecule has 2 aromatic rings. The number of hydrogen-bond acceptors (Lipinski definition) is 10. The molecule has 0 aliphatic rings. The topological polar surface area (TPSA) is 235 Å². The van der Waals surface area contributed by atoms with Crippen molar-refractivity contribution in [2.45, 2.75) is 38.0 Å². The molecule has 0 radical (unpaired) electrons. The number of carbonyl (C=O) groups excluding carboxylic acids is 4. The Hall–Kier alpha value is -5.68. The fourth-order valence-electron chi connectivity index (χ4n) is 3.39. The molecule has 0 spiro atoms. The molecule has 0 bridgehead atoms. The van der Waals surface area contributed by atoms with Crippen LogP contribution in [0.15, 0.2) is 48.5 Å². The van der Waals surface area contributed by atoms with Gasteiger partial charge >= 0.3 is 0 Å². The minimum Gasteiger partial charge on any atom is -0.384 e. The molecule has 2 rings (SSSR count). The predicted molar refractivity (Wildman–Crippen MR) is 171 cm³/mol. The van der Waals surface area contributed by atoms with Crippen molar-refractivity contribution in [3.05, 3.63) is 70.8 Å². The van der Waals surface area contributed by atoms with Crippen LogP contribution in [0.25, 0.3) is 0 Å². The van der Waals surface area contributed by atoms with Gasteiger partial charge < -0.3 is 31.9 Å².